The topological polar surface area (TPSA) is 41.6 Å². The molecule has 0 aromatic heterocycles. The molecule has 1 N–H and O–H groups in total. The molecule has 0 aromatic carbocycles. The summed E-state index contributed by atoms with van der Waals surface area (Å²) in [4.78, 5) is 13.1. The third-order valence-corrected chi connectivity index (χ3v) is 2.97. The minimum Gasteiger partial charge on any atom is -0.453 e. The summed E-state index contributed by atoms with van der Waals surface area (Å²) in [5.74, 6) is 0.709. The zero-order valence-corrected chi connectivity index (χ0v) is 10.8. The molecule has 1 aliphatic rings. The van der Waals surface area contributed by atoms with E-state index in [4.69, 9.17) is 4.74 Å². The fraction of sp³-hybridized carbons (Fsp3) is 0.917. The predicted octanol–water partition coefficient (Wildman–Crippen LogP) is 1.85. The summed E-state index contributed by atoms with van der Waals surface area (Å²) in [5.41, 5.74) is 0. The molecule has 1 fully saturated rings. The second-order valence-electron chi connectivity index (χ2n) is 5.10. The Hall–Kier alpha value is -0.770. The largest absolute Gasteiger partial charge is 0.453 e. The van der Waals surface area contributed by atoms with Crippen molar-refractivity contribution in [3.63, 3.8) is 0 Å². The van der Waals surface area contributed by atoms with Crippen LogP contribution in [0.5, 0.6) is 0 Å². The molecule has 1 rings (SSSR count). The predicted molar refractivity (Wildman–Crippen MR) is 64.4 cm³/mol. The molecule has 0 spiro atoms. The van der Waals surface area contributed by atoms with Crippen LogP contribution < -0.4 is 5.32 Å². The summed E-state index contributed by atoms with van der Waals surface area (Å²) in [6.07, 6.45) is 1.99. The second kappa shape index (κ2) is 6.09. The van der Waals surface area contributed by atoms with Gasteiger partial charge in [0, 0.05) is 25.2 Å². The van der Waals surface area contributed by atoms with Crippen LogP contribution in [-0.2, 0) is 4.74 Å². The first-order valence-corrected chi connectivity index (χ1v) is 6.11. The number of methoxy groups -OCH3 is 1. The van der Waals surface area contributed by atoms with E-state index in [1.54, 1.807) is 4.90 Å². The van der Waals surface area contributed by atoms with Gasteiger partial charge in [-0.1, -0.05) is 13.8 Å². The summed E-state index contributed by atoms with van der Waals surface area (Å²) >= 11 is 0. The van der Waals surface area contributed by atoms with Crippen molar-refractivity contribution in [2.24, 2.45) is 5.92 Å². The molecule has 94 valence electrons. The molecule has 4 heteroatoms. The summed E-state index contributed by atoms with van der Waals surface area (Å²) in [7, 11) is 1.43. The Morgan fingerprint density at radius 1 is 1.50 bits per heavy atom. The number of carbonyl (C=O) groups is 1. The number of hydrogen-bond donors (Lipinski definition) is 1. The highest BCUT2D eigenvalue weighted by atomic mass is 16.5. The van der Waals surface area contributed by atoms with E-state index >= 15 is 0 Å². The highest BCUT2D eigenvalue weighted by Gasteiger charge is 2.27. The van der Waals surface area contributed by atoms with Gasteiger partial charge in [0.2, 0.25) is 0 Å². The molecule has 0 bridgehead atoms. The van der Waals surface area contributed by atoms with E-state index < -0.39 is 0 Å². The minimum atomic E-state index is -0.208. The molecule has 1 aliphatic heterocycles. The van der Waals surface area contributed by atoms with E-state index in [1.165, 1.54) is 13.5 Å². The van der Waals surface area contributed by atoms with E-state index in [0.717, 1.165) is 19.5 Å². The molecule has 0 aromatic rings. The number of amides is 1. The van der Waals surface area contributed by atoms with Gasteiger partial charge in [-0.15, -0.1) is 0 Å². The van der Waals surface area contributed by atoms with Crippen LogP contribution in [0.4, 0.5) is 4.79 Å². The molecule has 4 nitrogen and oxygen atoms in total. The average Bonchev–Trinajstić information content (AvgIpc) is 2.63. The summed E-state index contributed by atoms with van der Waals surface area (Å²) in [6.45, 7) is 8.25. The fourth-order valence-electron chi connectivity index (χ4n) is 2.37. The maximum Gasteiger partial charge on any atom is 0.409 e. The average molecular weight is 228 g/mol. The van der Waals surface area contributed by atoms with Crippen molar-refractivity contribution in [1.29, 1.82) is 0 Å². The molecule has 1 amide bonds. The maximum atomic E-state index is 11.3. The third kappa shape index (κ3) is 4.00. The second-order valence-corrected chi connectivity index (χ2v) is 5.10. The lowest BCUT2D eigenvalue weighted by molar-refractivity contribution is 0.132. The van der Waals surface area contributed by atoms with Crippen LogP contribution in [0.15, 0.2) is 0 Å². The van der Waals surface area contributed by atoms with Gasteiger partial charge in [0.25, 0.3) is 0 Å². The van der Waals surface area contributed by atoms with Gasteiger partial charge in [0.05, 0.1) is 7.11 Å². The lowest BCUT2D eigenvalue weighted by Crippen LogP contribution is -2.40. The molecular weight excluding hydrogens is 204 g/mol. The molecule has 16 heavy (non-hydrogen) atoms. The van der Waals surface area contributed by atoms with Crippen molar-refractivity contribution in [2.45, 2.75) is 45.7 Å². The van der Waals surface area contributed by atoms with Crippen LogP contribution in [0.1, 0.15) is 33.6 Å². The van der Waals surface area contributed by atoms with Gasteiger partial charge in [-0.2, -0.15) is 0 Å². The molecule has 0 radical (unpaired) electrons. The summed E-state index contributed by atoms with van der Waals surface area (Å²) in [5, 5.41) is 3.57. The Morgan fingerprint density at radius 2 is 2.19 bits per heavy atom. The number of ether oxygens (including phenoxy) is 1. The maximum absolute atomic E-state index is 11.3. The van der Waals surface area contributed by atoms with Crippen LogP contribution in [0.2, 0.25) is 0 Å². The van der Waals surface area contributed by atoms with Gasteiger partial charge in [0.15, 0.2) is 0 Å². The van der Waals surface area contributed by atoms with Crippen LogP contribution in [0, 0.1) is 5.92 Å². The van der Waals surface area contributed by atoms with E-state index in [1.807, 2.05) is 0 Å². The van der Waals surface area contributed by atoms with Crippen molar-refractivity contribution in [3.8, 4) is 0 Å². The zero-order chi connectivity index (χ0) is 12.1. The normalized spacial score (nSPS) is 22.6. The van der Waals surface area contributed by atoms with E-state index in [9.17, 15) is 4.79 Å². The van der Waals surface area contributed by atoms with Gasteiger partial charge >= 0.3 is 6.09 Å². The van der Waals surface area contributed by atoms with Gasteiger partial charge in [-0.3, -0.25) is 0 Å². The van der Waals surface area contributed by atoms with Crippen molar-refractivity contribution >= 4 is 6.09 Å². The quantitative estimate of drug-likeness (QED) is 0.798. The van der Waals surface area contributed by atoms with Crippen LogP contribution in [0.3, 0.4) is 0 Å². The molecular formula is C12H24N2O2. The lowest BCUT2D eigenvalue weighted by Gasteiger charge is -2.21. The fourth-order valence-corrected chi connectivity index (χ4v) is 2.37. The van der Waals surface area contributed by atoms with E-state index in [-0.39, 0.29) is 6.09 Å². The van der Waals surface area contributed by atoms with Gasteiger partial charge in [0.1, 0.15) is 0 Å². The number of hydrogen-bond acceptors (Lipinski definition) is 3. The molecule has 2 unspecified atom stereocenters. The van der Waals surface area contributed by atoms with Crippen molar-refractivity contribution < 1.29 is 9.53 Å². The standard InChI is InChI=1S/C12H24N2O2/c1-9(2)7-10(3)13-11-5-6-14(8-11)12(15)16-4/h9-11,13H,5-8H2,1-4H3. The van der Waals surface area contributed by atoms with Gasteiger partial charge in [-0.05, 0) is 25.7 Å². The molecule has 1 heterocycles. The third-order valence-electron chi connectivity index (χ3n) is 2.97. The Bertz CT molecular complexity index is 231. The Balaban J connectivity index is 2.28. The minimum absolute atomic E-state index is 0.208. The van der Waals surface area contributed by atoms with Gasteiger partial charge < -0.3 is 15.0 Å². The summed E-state index contributed by atoms with van der Waals surface area (Å²) in [6, 6.07) is 0.940. The number of nitrogens with one attached hydrogen (secondary N) is 1. The van der Waals surface area contributed by atoms with Crippen LogP contribution in [0.25, 0.3) is 0 Å². The molecule has 0 saturated carbocycles. The summed E-state index contributed by atoms with van der Waals surface area (Å²) < 4.78 is 4.71. The van der Waals surface area contributed by atoms with Crippen molar-refractivity contribution in [3.05, 3.63) is 0 Å². The first-order chi connectivity index (χ1) is 7.52. The molecule has 2 atom stereocenters. The number of rotatable bonds is 4. The monoisotopic (exact) mass is 228 g/mol. The van der Waals surface area contributed by atoms with Crippen LogP contribution in [-0.4, -0.2) is 43.3 Å². The first kappa shape index (κ1) is 13.3. The molecule has 0 aliphatic carbocycles. The van der Waals surface area contributed by atoms with Gasteiger partial charge in [-0.25, -0.2) is 4.79 Å². The van der Waals surface area contributed by atoms with Crippen molar-refractivity contribution in [2.75, 3.05) is 20.2 Å². The Labute approximate surface area is 98.3 Å². The zero-order valence-electron chi connectivity index (χ0n) is 10.8. The number of nitrogens with zero attached hydrogens (tertiary/aromatic N) is 1. The highest BCUT2D eigenvalue weighted by molar-refractivity contribution is 5.67. The number of carbonyl (C=O) groups excluding carboxylic acids is 1. The van der Waals surface area contributed by atoms with Crippen molar-refractivity contribution in [1.82, 2.24) is 10.2 Å². The number of likely N-dealkylation sites (tertiary alicyclic amines) is 1. The first-order valence-electron chi connectivity index (χ1n) is 6.11. The molecule has 1 saturated heterocycles. The highest BCUT2D eigenvalue weighted by Crippen LogP contribution is 2.12. The SMILES string of the molecule is COC(=O)N1CCC(NC(C)CC(C)C)C1. The Kier molecular flexibility index (Phi) is 5.06. The Morgan fingerprint density at radius 3 is 2.75 bits per heavy atom. The van der Waals surface area contributed by atoms with Crippen LogP contribution >= 0.6 is 0 Å². The van der Waals surface area contributed by atoms with E-state index in [0.29, 0.717) is 18.0 Å². The van der Waals surface area contributed by atoms with E-state index in [2.05, 4.69) is 26.1 Å². The smallest absolute Gasteiger partial charge is 0.409 e. The lowest BCUT2D eigenvalue weighted by atomic mass is 10.0.